The van der Waals surface area contributed by atoms with E-state index in [0.29, 0.717) is 6.04 Å². The Morgan fingerprint density at radius 3 is 2.78 bits per heavy atom. The second kappa shape index (κ2) is 7.27. The lowest BCUT2D eigenvalue weighted by molar-refractivity contribution is 0.488. The fourth-order valence-corrected chi connectivity index (χ4v) is 4.55. The summed E-state index contributed by atoms with van der Waals surface area (Å²) in [6.45, 7) is 5.54. The third-order valence-electron chi connectivity index (χ3n) is 3.30. The molecule has 2 rings (SSSR count). The molecule has 0 amide bonds. The summed E-state index contributed by atoms with van der Waals surface area (Å²) in [4.78, 5) is 1.52. The van der Waals surface area contributed by atoms with Crippen LogP contribution in [0.15, 0.2) is 17.5 Å². The molecule has 0 saturated heterocycles. The van der Waals surface area contributed by atoms with E-state index in [0.717, 1.165) is 6.54 Å². The molecular weight excluding hydrogens is 258 g/mol. The first kappa shape index (κ1) is 14.0. The van der Waals surface area contributed by atoms with Crippen molar-refractivity contribution in [3.8, 4) is 0 Å². The van der Waals surface area contributed by atoms with Gasteiger partial charge in [-0.1, -0.05) is 39.5 Å². The molecule has 0 fully saturated rings. The maximum atomic E-state index is 3.64. The number of hydrogen-bond acceptors (Lipinski definition) is 3. The Labute approximate surface area is 118 Å². The zero-order valence-electron chi connectivity index (χ0n) is 11.4. The average Bonchev–Trinajstić information content (AvgIpc) is 2.93. The highest BCUT2D eigenvalue weighted by Crippen LogP contribution is 2.35. The zero-order chi connectivity index (χ0) is 12.8. The van der Waals surface area contributed by atoms with E-state index in [1.54, 1.807) is 0 Å². The fraction of sp³-hybridized carbons (Fsp3) is 0.600. The molecule has 3 heteroatoms. The van der Waals surface area contributed by atoms with Crippen LogP contribution in [0.2, 0.25) is 0 Å². The predicted octanol–water partition coefficient (Wildman–Crippen LogP) is 5.58. The highest BCUT2D eigenvalue weighted by Gasteiger charge is 2.13. The summed E-state index contributed by atoms with van der Waals surface area (Å²) in [5.74, 6) is 0. The van der Waals surface area contributed by atoms with Crippen LogP contribution in [0.1, 0.15) is 56.9 Å². The largest absolute Gasteiger partial charge is 0.310 e. The highest BCUT2D eigenvalue weighted by atomic mass is 32.1. The molecule has 2 aromatic rings. The van der Waals surface area contributed by atoms with Gasteiger partial charge in [0.1, 0.15) is 0 Å². The van der Waals surface area contributed by atoms with Gasteiger partial charge in [0.05, 0.1) is 0 Å². The quantitative estimate of drug-likeness (QED) is 0.622. The van der Waals surface area contributed by atoms with Gasteiger partial charge < -0.3 is 5.32 Å². The summed E-state index contributed by atoms with van der Waals surface area (Å²) >= 11 is 3.82. The maximum absolute atomic E-state index is 3.64. The molecule has 0 saturated carbocycles. The Hall–Kier alpha value is -0.380. The van der Waals surface area contributed by atoms with Crippen molar-refractivity contribution in [1.82, 2.24) is 5.32 Å². The SMILES string of the molecule is CCCCCCC(NCC)c1cc2sccc2s1. The fourth-order valence-electron chi connectivity index (χ4n) is 2.32. The third kappa shape index (κ3) is 3.56. The Morgan fingerprint density at radius 1 is 1.17 bits per heavy atom. The summed E-state index contributed by atoms with van der Waals surface area (Å²) in [6.07, 6.45) is 6.69. The molecule has 2 heterocycles. The van der Waals surface area contributed by atoms with Crippen LogP contribution in [-0.2, 0) is 0 Å². The molecular formula is C15H23NS2. The maximum Gasteiger partial charge on any atom is 0.0454 e. The number of fused-ring (bicyclic) bond motifs is 1. The minimum absolute atomic E-state index is 0.566. The van der Waals surface area contributed by atoms with E-state index < -0.39 is 0 Å². The molecule has 100 valence electrons. The van der Waals surface area contributed by atoms with Crippen LogP contribution in [0.5, 0.6) is 0 Å². The molecule has 0 aromatic carbocycles. The van der Waals surface area contributed by atoms with Gasteiger partial charge in [0.15, 0.2) is 0 Å². The predicted molar refractivity (Wildman–Crippen MR) is 84.9 cm³/mol. The van der Waals surface area contributed by atoms with Gasteiger partial charge in [-0.15, -0.1) is 22.7 Å². The van der Waals surface area contributed by atoms with Crippen molar-refractivity contribution < 1.29 is 0 Å². The van der Waals surface area contributed by atoms with Gasteiger partial charge >= 0.3 is 0 Å². The lowest BCUT2D eigenvalue weighted by Crippen LogP contribution is -2.19. The first-order valence-electron chi connectivity index (χ1n) is 7.05. The van der Waals surface area contributed by atoms with Crippen LogP contribution in [0.25, 0.3) is 9.40 Å². The molecule has 18 heavy (non-hydrogen) atoms. The van der Waals surface area contributed by atoms with E-state index >= 15 is 0 Å². The molecule has 1 unspecified atom stereocenters. The first-order valence-corrected chi connectivity index (χ1v) is 8.75. The standard InChI is InChI=1S/C15H23NS2/c1-3-5-6-7-8-12(16-4-2)14-11-15-13(18-14)9-10-17-15/h9-12,16H,3-8H2,1-2H3. The lowest BCUT2D eigenvalue weighted by atomic mass is 10.1. The summed E-state index contributed by atoms with van der Waals surface area (Å²) in [5, 5.41) is 5.83. The lowest BCUT2D eigenvalue weighted by Gasteiger charge is -2.16. The van der Waals surface area contributed by atoms with Crippen molar-refractivity contribution in [1.29, 1.82) is 0 Å². The Kier molecular flexibility index (Phi) is 5.67. The average molecular weight is 281 g/mol. The minimum atomic E-state index is 0.566. The molecule has 2 aromatic heterocycles. The second-order valence-electron chi connectivity index (χ2n) is 4.76. The van der Waals surface area contributed by atoms with Gasteiger partial charge in [0.2, 0.25) is 0 Å². The van der Waals surface area contributed by atoms with Crippen LogP contribution >= 0.6 is 22.7 Å². The van der Waals surface area contributed by atoms with Gasteiger partial charge in [-0.3, -0.25) is 0 Å². The van der Waals surface area contributed by atoms with E-state index in [9.17, 15) is 0 Å². The summed E-state index contributed by atoms with van der Waals surface area (Å²) < 4.78 is 2.90. The molecule has 0 spiro atoms. The summed E-state index contributed by atoms with van der Waals surface area (Å²) in [5.41, 5.74) is 0. The van der Waals surface area contributed by atoms with Crippen molar-refractivity contribution in [2.24, 2.45) is 0 Å². The molecule has 0 radical (unpaired) electrons. The number of nitrogens with one attached hydrogen (secondary N) is 1. The van der Waals surface area contributed by atoms with Crippen molar-refractivity contribution >= 4 is 32.1 Å². The number of hydrogen-bond donors (Lipinski definition) is 1. The molecule has 0 aliphatic heterocycles. The van der Waals surface area contributed by atoms with E-state index in [2.05, 4.69) is 36.7 Å². The van der Waals surface area contributed by atoms with Crippen molar-refractivity contribution in [3.63, 3.8) is 0 Å². The Bertz CT molecular complexity index is 429. The second-order valence-corrected chi connectivity index (χ2v) is 6.82. The number of unbranched alkanes of at least 4 members (excludes halogenated alkanes) is 3. The number of thiophene rings is 2. The van der Waals surface area contributed by atoms with Gasteiger partial charge in [0, 0.05) is 20.3 Å². The minimum Gasteiger partial charge on any atom is -0.310 e. The highest BCUT2D eigenvalue weighted by molar-refractivity contribution is 7.26. The van der Waals surface area contributed by atoms with Gasteiger partial charge in [-0.05, 0) is 30.5 Å². The molecule has 1 atom stereocenters. The monoisotopic (exact) mass is 281 g/mol. The number of rotatable bonds is 8. The molecule has 0 aliphatic rings. The Morgan fingerprint density at radius 2 is 2.06 bits per heavy atom. The van der Waals surface area contributed by atoms with E-state index in [1.807, 2.05) is 22.7 Å². The molecule has 1 nitrogen and oxygen atoms in total. The van der Waals surface area contributed by atoms with Crippen LogP contribution in [-0.4, -0.2) is 6.54 Å². The third-order valence-corrected chi connectivity index (χ3v) is 5.51. The van der Waals surface area contributed by atoms with Crippen LogP contribution in [0.3, 0.4) is 0 Å². The van der Waals surface area contributed by atoms with E-state index in [1.165, 1.54) is 46.4 Å². The molecule has 0 bridgehead atoms. The van der Waals surface area contributed by atoms with E-state index in [4.69, 9.17) is 0 Å². The summed E-state index contributed by atoms with van der Waals surface area (Å²) in [7, 11) is 0. The van der Waals surface area contributed by atoms with Crippen LogP contribution in [0.4, 0.5) is 0 Å². The van der Waals surface area contributed by atoms with Gasteiger partial charge in [0.25, 0.3) is 0 Å². The topological polar surface area (TPSA) is 12.0 Å². The van der Waals surface area contributed by atoms with Crippen LogP contribution in [0, 0.1) is 0 Å². The van der Waals surface area contributed by atoms with Crippen LogP contribution < -0.4 is 5.32 Å². The summed E-state index contributed by atoms with van der Waals surface area (Å²) in [6, 6.07) is 5.20. The van der Waals surface area contributed by atoms with Gasteiger partial charge in [-0.2, -0.15) is 0 Å². The molecule has 0 aliphatic carbocycles. The molecule has 1 N–H and O–H groups in total. The first-order chi connectivity index (χ1) is 8.85. The Balaban J connectivity index is 1.97. The van der Waals surface area contributed by atoms with E-state index in [-0.39, 0.29) is 0 Å². The van der Waals surface area contributed by atoms with Crippen molar-refractivity contribution in [2.45, 2.75) is 52.0 Å². The normalized spacial score (nSPS) is 13.2. The van der Waals surface area contributed by atoms with Crippen molar-refractivity contribution in [2.75, 3.05) is 6.54 Å². The zero-order valence-corrected chi connectivity index (χ0v) is 13.0. The smallest absolute Gasteiger partial charge is 0.0454 e. The van der Waals surface area contributed by atoms with Gasteiger partial charge in [-0.25, -0.2) is 0 Å². The van der Waals surface area contributed by atoms with Crippen molar-refractivity contribution in [3.05, 3.63) is 22.4 Å².